The van der Waals surface area contributed by atoms with Gasteiger partial charge in [0.15, 0.2) is 0 Å². The van der Waals surface area contributed by atoms with Crippen LogP contribution < -0.4 is 10.5 Å². The Hall–Kier alpha value is -1.71. The topological polar surface area (TPSA) is 59.1 Å². The molecule has 0 spiro atoms. The van der Waals surface area contributed by atoms with E-state index >= 15 is 0 Å². The summed E-state index contributed by atoms with van der Waals surface area (Å²) in [5.74, 6) is 0.901. The maximum Gasteiger partial charge on any atom is 0.119 e. The first-order valence-corrected chi connectivity index (χ1v) is 6.79. The van der Waals surface area contributed by atoms with Crippen molar-refractivity contribution in [3.8, 4) is 5.75 Å². The molecule has 0 heterocycles. The number of halogens is 2. The molecule has 0 atom stereocenters. The molecule has 0 aliphatic carbocycles. The minimum Gasteiger partial charge on any atom is -0.489 e. The van der Waals surface area contributed by atoms with Gasteiger partial charge in [-0.25, -0.2) is 0 Å². The van der Waals surface area contributed by atoms with Gasteiger partial charge in [-0.05, 0) is 35.4 Å². The summed E-state index contributed by atoms with van der Waals surface area (Å²) in [5.41, 5.74) is 7.29. The second kappa shape index (κ2) is 6.64. The van der Waals surface area contributed by atoms with Gasteiger partial charge in [-0.3, -0.25) is 5.41 Å². The molecule has 2 aromatic rings. The number of nitrogens with one attached hydrogen (secondary N) is 1. The maximum atomic E-state index is 7.24. The van der Waals surface area contributed by atoms with Gasteiger partial charge in [-0.1, -0.05) is 41.4 Å². The Morgan fingerprint density at radius 1 is 1.00 bits per heavy atom. The molecule has 0 bridgehead atoms. The smallest absolute Gasteiger partial charge is 0.119 e. The first kappa shape index (κ1) is 14.7. The van der Waals surface area contributed by atoms with Crippen LogP contribution in [0.25, 0.3) is 0 Å². The van der Waals surface area contributed by atoms with Crippen LogP contribution in [0.2, 0.25) is 10.0 Å². The van der Waals surface area contributed by atoms with Crippen LogP contribution in [-0.2, 0) is 13.0 Å². The summed E-state index contributed by atoms with van der Waals surface area (Å²) in [6, 6.07) is 12.9. The molecule has 3 N–H and O–H groups in total. The summed E-state index contributed by atoms with van der Waals surface area (Å²) >= 11 is 11.8. The van der Waals surface area contributed by atoms with Gasteiger partial charge in [0.05, 0.1) is 15.9 Å². The number of ether oxygens (including phenoxy) is 1. The lowest BCUT2D eigenvalue weighted by Crippen LogP contribution is -2.12. The third-order valence-corrected chi connectivity index (χ3v) is 3.45. The molecule has 0 saturated heterocycles. The summed E-state index contributed by atoms with van der Waals surface area (Å²) < 4.78 is 5.66. The molecule has 2 rings (SSSR count). The molecule has 0 radical (unpaired) electrons. The molecule has 2 aromatic carbocycles. The fourth-order valence-electron chi connectivity index (χ4n) is 1.72. The van der Waals surface area contributed by atoms with Crippen molar-refractivity contribution in [2.45, 2.75) is 13.0 Å². The predicted molar refractivity (Wildman–Crippen MR) is 82.9 cm³/mol. The molecule has 5 heteroatoms. The van der Waals surface area contributed by atoms with Gasteiger partial charge >= 0.3 is 0 Å². The van der Waals surface area contributed by atoms with Gasteiger partial charge in [-0.2, -0.15) is 0 Å². The highest BCUT2D eigenvalue weighted by Gasteiger charge is 2.01. The van der Waals surface area contributed by atoms with Crippen LogP contribution in [0.4, 0.5) is 0 Å². The van der Waals surface area contributed by atoms with E-state index in [1.54, 1.807) is 12.1 Å². The van der Waals surface area contributed by atoms with Crippen LogP contribution in [-0.4, -0.2) is 5.84 Å². The van der Waals surface area contributed by atoms with Gasteiger partial charge in [-0.15, -0.1) is 0 Å². The Morgan fingerprint density at radius 3 is 2.25 bits per heavy atom. The summed E-state index contributed by atoms with van der Waals surface area (Å²) in [5, 5.41) is 8.29. The molecular weight excluding hydrogens is 295 g/mol. The quantitative estimate of drug-likeness (QED) is 0.646. The molecule has 0 aliphatic heterocycles. The summed E-state index contributed by atoms with van der Waals surface area (Å²) in [7, 11) is 0. The Balaban J connectivity index is 1.96. The number of amidine groups is 1. The van der Waals surface area contributed by atoms with Gasteiger partial charge in [0.25, 0.3) is 0 Å². The van der Waals surface area contributed by atoms with E-state index in [2.05, 4.69) is 0 Å². The third-order valence-electron chi connectivity index (χ3n) is 2.71. The van der Waals surface area contributed by atoms with Crippen molar-refractivity contribution >= 4 is 29.0 Å². The molecular formula is C15H14Cl2N2O. The lowest BCUT2D eigenvalue weighted by molar-refractivity contribution is 0.306. The molecule has 0 aromatic heterocycles. The van der Waals surface area contributed by atoms with Crippen LogP contribution in [0.15, 0.2) is 42.5 Å². The normalized spacial score (nSPS) is 10.3. The lowest BCUT2D eigenvalue weighted by Gasteiger charge is -2.08. The molecule has 3 nitrogen and oxygen atoms in total. The van der Waals surface area contributed by atoms with Crippen molar-refractivity contribution in [1.82, 2.24) is 0 Å². The van der Waals surface area contributed by atoms with Crippen molar-refractivity contribution in [2.75, 3.05) is 0 Å². The van der Waals surface area contributed by atoms with Crippen LogP contribution in [0.3, 0.4) is 0 Å². The van der Waals surface area contributed by atoms with Crippen LogP contribution in [0.5, 0.6) is 5.75 Å². The lowest BCUT2D eigenvalue weighted by atomic mass is 10.1. The number of hydrogen-bond donors (Lipinski definition) is 2. The average molecular weight is 309 g/mol. The monoisotopic (exact) mass is 308 g/mol. The van der Waals surface area contributed by atoms with E-state index in [9.17, 15) is 0 Å². The van der Waals surface area contributed by atoms with Gasteiger partial charge in [0.2, 0.25) is 0 Å². The van der Waals surface area contributed by atoms with E-state index in [0.29, 0.717) is 23.1 Å². The molecule has 0 aliphatic rings. The highest BCUT2D eigenvalue weighted by Crippen LogP contribution is 2.23. The Morgan fingerprint density at radius 2 is 1.65 bits per heavy atom. The fraction of sp³-hybridized carbons (Fsp3) is 0.133. The molecule has 0 fully saturated rings. The summed E-state index contributed by atoms with van der Waals surface area (Å²) in [6.45, 7) is 0.420. The van der Waals surface area contributed by atoms with Crippen LogP contribution >= 0.6 is 23.2 Å². The second-order valence-electron chi connectivity index (χ2n) is 4.38. The summed E-state index contributed by atoms with van der Waals surface area (Å²) in [4.78, 5) is 0. The van der Waals surface area contributed by atoms with E-state index in [4.69, 9.17) is 39.1 Å². The average Bonchev–Trinajstić information content (AvgIpc) is 2.41. The molecule has 0 saturated carbocycles. The van der Waals surface area contributed by atoms with Crippen molar-refractivity contribution in [1.29, 1.82) is 5.41 Å². The van der Waals surface area contributed by atoms with Gasteiger partial charge in [0, 0.05) is 6.42 Å². The predicted octanol–water partition coefficient (Wildman–Crippen LogP) is 4.05. The zero-order valence-electron chi connectivity index (χ0n) is 10.7. The minimum atomic E-state index is 0.148. The van der Waals surface area contributed by atoms with Crippen LogP contribution in [0.1, 0.15) is 11.1 Å². The van der Waals surface area contributed by atoms with Gasteiger partial charge in [0.1, 0.15) is 12.4 Å². The van der Waals surface area contributed by atoms with E-state index in [-0.39, 0.29) is 5.84 Å². The largest absolute Gasteiger partial charge is 0.489 e. The maximum absolute atomic E-state index is 7.24. The van der Waals surface area contributed by atoms with E-state index in [1.807, 2.05) is 30.3 Å². The SMILES string of the molecule is N=C(N)Cc1ccc(OCc2ccc(Cl)c(Cl)c2)cc1. The van der Waals surface area contributed by atoms with Crippen molar-refractivity contribution in [2.24, 2.45) is 5.73 Å². The number of hydrogen-bond acceptors (Lipinski definition) is 2. The first-order valence-electron chi connectivity index (χ1n) is 6.03. The zero-order chi connectivity index (χ0) is 14.5. The number of nitrogens with two attached hydrogens (primary N) is 1. The van der Waals surface area contributed by atoms with E-state index in [1.165, 1.54) is 0 Å². The van der Waals surface area contributed by atoms with Crippen molar-refractivity contribution in [3.63, 3.8) is 0 Å². The molecule has 0 unspecified atom stereocenters. The minimum absolute atomic E-state index is 0.148. The number of rotatable bonds is 5. The molecule has 20 heavy (non-hydrogen) atoms. The first-order chi connectivity index (χ1) is 9.54. The Kier molecular flexibility index (Phi) is 4.88. The van der Waals surface area contributed by atoms with Crippen LogP contribution in [0, 0.1) is 5.41 Å². The standard InChI is InChI=1S/C15H14Cl2N2O/c16-13-6-3-11(7-14(13)17)9-20-12-4-1-10(2-5-12)8-15(18)19/h1-7H,8-9H2,(H3,18,19). The molecule has 104 valence electrons. The molecule has 0 amide bonds. The summed E-state index contributed by atoms with van der Waals surface area (Å²) in [6.07, 6.45) is 0.451. The third kappa shape index (κ3) is 4.15. The van der Waals surface area contributed by atoms with E-state index in [0.717, 1.165) is 16.9 Å². The zero-order valence-corrected chi connectivity index (χ0v) is 12.2. The highest BCUT2D eigenvalue weighted by atomic mass is 35.5. The number of benzene rings is 2. The fourth-order valence-corrected chi connectivity index (χ4v) is 2.04. The Labute approximate surface area is 127 Å². The van der Waals surface area contributed by atoms with Crippen molar-refractivity contribution < 1.29 is 4.74 Å². The van der Waals surface area contributed by atoms with E-state index < -0.39 is 0 Å². The van der Waals surface area contributed by atoms with Crippen molar-refractivity contribution in [3.05, 3.63) is 63.6 Å². The second-order valence-corrected chi connectivity index (χ2v) is 5.20. The Bertz CT molecular complexity index is 612. The van der Waals surface area contributed by atoms with Gasteiger partial charge < -0.3 is 10.5 Å². The highest BCUT2D eigenvalue weighted by molar-refractivity contribution is 6.42.